The molecule has 19 heteroatoms. The molecule has 3 N–H and O–H groups in total. The Labute approximate surface area is 588 Å². The van der Waals surface area contributed by atoms with Crippen molar-refractivity contribution < 1.29 is 80.2 Å². The fraction of sp³-hybridized carbons (Fsp3) is 0.948. The third kappa shape index (κ3) is 70.5. The van der Waals surface area contributed by atoms with Crippen LogP contribution in [0.5, 0.6) is 0 Å². The molecule has 0 rings (SSSR count). The molecule has 0 amide bonds. The number of phosphoric acid groups is 2. The molecule has 0 saturated heterocycles. The van der Waals surface area contributed by atoms with Crippen LogP contribution in [-0.2, 0) is 65.4 Å². The molecule has 570 valence electrons. The number of phosphoric ester groups is 2. The Kier molecular flexibility index (Phi) is 67.4. The quantitative estimate of drug-likeness (QED) is 0.0222. The molecule has 0 heterocycles. The molecule has 0 aliphatic rings. The van der Waals surface area contributed by atoms with Gasteiger partial charge in [0.1, 0.15) is 19.3 Å². The van der Waals surface area contributed by atoms with Gasteiger partial charge in [-0.2, -0.15) is 0 Å². The minimum Gasteiger partial charge on any atom is -0.462 e. The van der Waals surface area contributed by atoms with Crippen LogP contribution in [0.25, 0.3) is 0 Å². The first-order valence-corrected chi connectivity index (χ1v) is 43.0. The number of unbranched alkanes of at least 4 members (excludes halogenated alkanes) is 46. The maximum absolute atomic E-state index is 13.1. The number of esters is 4. The van der Waals surface area contributed by atoms with E-state index >= 15 is 0 Å². The first-order valence-electron chi connectivity index (χ1n) is 40.0. The summed E-state index contributed by atoms with van der Waals surface area (Å²) in [7, 11) is -9.91. The van der Waals surface area contributed by atoms with Crippen LogP contribution in [0.3, 0.4) is 0 Å². The third-order valence-corrected chi connectivity index (χ3v) is 19.9. The van der Waals surface area contributed by atoms with Gasteiger partial charge in [-0.15, -0.1) is 0 Å². The molecule has 0 aromatic heterocycles. The van der Waals surface area contributed by atoms with Crippen LogP contribution in [-0.4, -0.2) is 96.7 Å². The van der Waals surface area contributed by atoms with Crippen LogP contribution in [0.2, 0.25) is 0 Å². The molecule has 5 atom stereocenters. The largest absolute Gasteiger partial charge is 0.472 e. The van der Waals surface area contributed by atoms with Gasteiger partial charge in [-0.1, -0.05) is 350 Å². The van der Waals surface area contributed by atoms with E-state index in [1.165, 1.54) is 218 Å². The zero-order valence-corrected chi connectivity index (χ0v) is 64.5. The number of carbonyl (C=O) groups is 4. The Bertz CT molecular complexity index is 1860. The van der Waals surface area contributed by atoms with Crippen molar-refractivity contribution in [3.8, 4) is 0 Å². The van der Waals surface area contributed by atoms with Crippen molar-refractivity contribution >= 4 is 39.5 Å². The van der Waals surface area contributed by atoms with Crippen molar-refractivity contribution in [3.05, 3.63) is 0 Å². The SMILES string of the molecule is CCCCCCCCCCCCCC(=O)O[C@H](COC(=O)CCCCCCCCCCCC)COP(=O)(O)OC[C@H](O)COP(=O)(O)OC[C@@H](COC(=O)CCCCCCCCCCCCCCCCC(C)C)OC(=O)CCCCCCCCCCCCCCCCCC(C)C. The minimum absolute atomic E-state index is 0.107. The van der Waals surface area contributed by atoms with Crippen LogP contribution in [0.4, 0.5) is 0 Å². The summed E-state index contributed by atoms with van der Waals surface area (Å²) in [6, 6.07) is 0. The number of hydrogen-bond acceptors (Lipinski definition) is 15. The van der Waals surface area contributed by atoms with Crippen molar-refractivity contribution in [2.75, 3.05) is 39.6 Å². The van der Waals surface area contributed by atoms with Crippen molar-refractivity contribution in [2.45, 2.75) is 419 Å². The molecule has 0 aromatic carbocycles. The molecule has 0 saturated carbocycles. The standard InChI is InChI=1S/C77H150O17P2/c1-7-9-11-13-15-17-28-37-43-49-55-61-76(81)93-72(65-87-74(79)59-53-47-41-35-18-16-14-12-10-8-2)67-91-95(83,84)89-63-71(78)64-90-96(85,86)92-68-73(66-88-75(80)60-54-48-42-36-31-26-23-22-25-30-34-40-46-52-58-70(5)6)94-77(82)62-56-50-44-38-32-27-21-19-20-24-29-33-39-45-51-57-69(3)4/h69-73,78H,7-68H2,1-6H3,(H,83,84)(H,85,86)/t71-,72+,73+/m0/s1. The number of carbonyl (C=O) groups excluding carboxylic acids is 4. The minimum atomic E-state index is -4.96. The average Bonchev–Trinajstić information content (AvgIpc) is 1.22. The Balaban J connectivity index is 5.22. The number of rotatable bonds is 76. The van der Waals surface area contributed by atoms with Crippen molar-refractivity contribution in [1.29, 1.82) is 0 Å². The van der Waals surface area contributed by atoms with Crippen molar-refractivity contribution in [2.24, 2.45) is 11.8 Å². The predicted molar refractivity (Wildman–Crippen MR) is 391 cm³/mol. The first kappa shape index (κ1) is 94.1. The highest BCUT2D eigenvalue weighted by atomic mass is 31.2. The molecule has 0 aliphatic carbocycles. The van der Waals surface area contributed by atoms with Gasteiger partial charge in [0, 0.05) is 25.7 Å². The summed E-state index contributed by atoms with van der Waals surface area (Å²) in [5.74, 6) is -0.511. The highest BCUT2D eigenvalue weighted by molar-refractivity contribution is 7.47. The van der Waals surface area contributed by atoms with Crippen molar-refractivity contribution in [3.63, 3.8) is 0 Å². The van der Waals surface area contributed by atoms with E-state index in [-0.39, 0.29) is 25.7 Å². The number of ether oxygens (including phenoxy) is 4. The fourth-order valence-electron chi connectivity index (χ4n) is 11.8. The zero-order valence-electron chi connectivity index (χ0n) is 62.7. The first-order chi connectivity index (χ1) is 46.4. The average molecular weight is 1410 g/mol. The van der Waals surface area contributed by atoms with Crippen LogP contribution in [0.1, 0.15) is 401 Å². The maximum Gasteiger partial charge on any atom is 0.472 e. The second-order valence-electron chi connectivity index (χ2n) is 28.7. The smallest absolute Gasteiger partial charge is 0.462 e. The number of aliphatic hydroxyl groups excluding tert-OH is 1. The van der Waals surface area contributed by atoms with Gasteiger partial charge in [0.2, 0.25) is 0 Å². The van der Waals surface area contributed by atoms with Gasteiger partial charge in [0.05, 0.1) is 26.4 Å². The van der Waals surface area contributed by atoms with Gasteiger partial charge in [-0.25, -0.2) is 9.13 Å². The maximum atomic E-state index is 13.1. The van der Waals surface area contributed by atoms with E-state index in [0.29, 0.717) is 25.7 Å². The Hall–Kier alpha value is -1.94. The fourth-order valence-corrected chi connectivity index (χ4v) is 13.4. The second kappa shape index (κ2) is 68.8. The Morgan fingerprint density at radius 2 is 0.479 bits per heavy atom. The summed E-state index contributed by atoms with van der Waals surface area (Å²) >= 11 is 0. The summed E-state index contributed by atoms with van der Waals surface area (Å²) in [6.07, 6.45) is 56.8. The normalized spacial score (nSPS) is 14.0. The molecule has 2 unspecified atom stereocenters. The highest BCUT2D eigenvalue weighted by Gasteiger charge is 2.30. The topological polar surface area (TPSA) is 237 Å². The second-order valence-corrected chi connectivity index (χ2v) is 31.6. The van der Waals surface area contributed by atoms with E-state index in [0.717, 1.165) is 102 Å². The third-order valence-electron chi connectivity index (χ3n) is 18.0. The van der Waals surface area contributed by atoms with E-state index in [2.05, 4.69) is 41.5 Å². The van der Waals surface area contributed by atoms with E-state index in [4.69, 9.17) is 37.0 Å². The molecule has 0 radical (unpaired) electrons. The van der Waals surface area contributed by atoms with Gasteiger partial charge in [-0.3, -0.25) is 37.3 Å². The molecule has 0 aromatic rings. The Morgan fingerprint density at radius 1 is 0.281 bits per heavy atom. The van der Waals surface area contributed by atoms with Crippen LogP contribution >= 0.6 is 15.6 Å². The predicted octanol–water partition coefficient (Wildman–Crippen LogP) is 22.7. The molecular formula is C77H150O17P2. The lowest BCUT2D eigenvalue weighted by atomic mass is 10.0. The monoisotopic (exact) mass is 1410 g/mol. The lowest BCUT2D eigenvalue weighted by Gasteiger charge is -2.21. The summed E-state index contributed by atoms with van der Waals surface area (Å²) in [6.45, 7) is 9.65. The van der Waals surface area contributed by atoms with Gasteiger partial charge < -0.3 is 33.8 Å². The van der Waals surface area contributed by atoms with E-state index in [9.17, 15) is 43.2 Å². The summed E-state index contributed by atoms with van der Waals surface area (Å²) in [4.78, 5) is 72.8. The summed E-state index contributed by atoms with van der Waals surface area (Å²) < 4.78 is 68.5. The highest BCUT2D eigenvalue weighted by Crippen LogP contribution is 2.45. The Morgan fingerprint density at radius 3 is 0.708 bits per heavy atom. The summed E-state index contributed by atoms with van der Waals surface area (Å²) in [5, 5.41) is 10.6. The van der Waals surface area contributed by atoms with Crippen LogP contribution < -0.4 is 0 Å². The molecule has 0 bridgehead atoms. The lowest BCUT2D eigenvalue weighted by molar-refractivity contribution is -0.161. The van der Waals surface area contributed by atoms with Gasteiger partial charge in [-0.05, 0) is 37.5 Å². The van der Waals surface area contributed by atoms with Crippen LogP contribution in [0.15, 0.2) is 0 Å². The molecular weight excluding hydrogens is 1260 g/mol. The molecule has 0 spiro atoms. The molecule has 17 nitrogen and oxygen atoms in total. The van der Waals surface area contributed by atoms with E-state index in [1.807, 2.05) is 0 Å². The van der Waals surface area contributed by atoms with Crippen molar-refractivity contribution in [1.82, 2.24) is 0 Å². The molecule has 96 heavy (non-hydrogen) atoms. The number of hydrogen-bond donors (Lipinski definition) is 3. The van der Waals surface area contributed by atoms with Gasteiger partial charge in [0.25, 0.3) is 0 Å². The van der Waals surface area contributed by atoms with E-state index < -0.39 is 97.5 Å². The summed E-state index contributed by atoms with van der Waals surface area (Å²) in [5.41, 5.74) is 0. The molecule has 0 aliphatic heterocycles. The van der Waals surface area contributed by atoms with Gasteiger partial charge >= 0.3 is 39.5 Å². The lowest BCUT2D eigenvalue weighted by Crippen LogP contribution is -2.30. The zero-order chi connectivity index (χ0) is 70.7. The van der Waals surface area contributed by atoms with Crippen LogP contribution in [0, 0.1) is 11.8 Å². The van der Waals surface area contributed by atoms with E-state index in [1.54, 1.807) is 0 Å². The number of aliphatic hydroxyl groups is 1. The van der Waals surface area contributed by atoms with Gasteiger partial charge in [0.15, 0.2) is 12.2 Å². The molecule has 0 fully saturated rings.